The summed E-state index contributed by atoms with van der Waals surface area (Å²) in [4.78, 5) is 10.7. The molecule has 0 aromatic carbocycles. The SMILES string of the molecule is CC(=O)OC(C)C(O)C1CCCC1O. The van der Waals surface area contributed by atoms with Crippen molar-refractivity contribution in [2.45, 2.75) is 51.4 Å². The van der Waals surface area contributed by atoms with E-state index in [0.29, 0.717) is 0 Å². The molecule has 0 aromatic heterocycles. The fourth-order valence-corrected chi connectivity index (χ4v) is 2.05. The van der Waals surface area contributed by atoms with Crippen LogP contribution in [-0.2, 0) is 9.53 Å². The van der Waals surface area contributed by atoms with Gasteiger partial charge in [-0.1, -0.05) is 6.42 Å². The van der Waals surface area contributed by atoms with E-state index in [2.05, 4.69) is 0 Å². The van der Waals surface area contributed by atoms with Gasteiger partial charge in [-0.3, -0.25) is 4.79 Å². The van der Waals surface area contributed by atoms with E-state index in [1.54, 1.807) is 6.92 Å². The van der Waals surface area contributed by atoms with E-state index in [0.717, 1.165) is 19.3 Å². The minimum absolute atomic E-state index is 0.149. The van der Waals surface area contributed by atoms with Crippen LogP contribution in [0.15, 0.2) is 0 Å². The van der Waals surface area contributed by atoms with Crippen LogP contribution in [0.2, 0.25) is 0 Å². The van der Waals surface area contributed by atoms with Crippen molar-refractivity contribution in [1.82, 2.24) is 0 Å². The monoisotopic (exact) mass is 202 g/mol. The highest BCUT2D eigenvalue weighted by molar-refractivity contribution is 5.66. The van der Waals surface area contributed by atoms with Crippen LogP contribution in [0, 0.1) is 5.92 Å². The zero-order valence-corrected chi connectivity index (χ0v) is 8.64. The molecule has 4 unspecified atom stereocenters. The summed E-state index contributed by atoms with van der Waals surface area (Å²) >= 11 is 0. The van der Waals surface area contributed by atoms with Crippen molar-refractivity contribution in [3.05, 3.63) is 0 Å². The van der Waals surface area contributed by atoms with Gasteiger partial charge in [0.2, 0.25) is 0 Å². The summed E-state index contributed by atoms with van der Waals surface area (Å²) in [6, 6.07) is 0. The first-order valence-electron chi connectivity index (χ1n) is 5.05. The van der Waals surface area contributed by atoms with Crippen molar-refractivity contribution >= 4 is 5.97 Å². The van der Waals surface area contributed by atoms with Crippen molar-refractivity contribution < 1.29 is 19.7 Å². The van der Waals surface area contributed by atoms with Gasteiger partial charge in [0.1, 0.15) is 6.10 Å². The fourth-order valence-electron chi connectivity index (χ4n) is 2.05. The molecule has 0 saturated heterocycles. The Balaban J connectivity index is 2.46. The molecule has 2 N–H and O–H groups in total. The van der Waals surface area contributed by atoms with Crippen LogP contribution >= 0.6 is 0 Å². The Morgan fingerprint density at radius 1 is 1.50 bits per heavy atom. The van der Waals surface area contributed by atoms with Gasteiger partial charge in [-0.2, -0.15) is 0 Å². The normalized spacial score (nSPS) is 31.1. The number of ether oxygens (including phenoxy) is 1. The minimum Gasteiger partial charge on any atom is -0.460 e. The molecule has 1 aliphatic rings. The maximum absolute atomic E-state index is 10.7. The average molecular weight is 202 g/mol. The Morgan fingerprint density at radius 2 is 2.14 bits per heavy atom. The molecular formula is C10H18O4. The second-order valence-electron chi connectivity index (χ2n) is 3.97. The highest BCUT2D eigenvalue weighted by Crippen LogP contribution is 2.30. The molecular weight excluding hydrogens is 184 g/mol. The standard InChI is InChI=1S/C10H18O4/c1-6(14-7(2)11)10(13)8-4-3-5-9(8)12/h6,8-10,12-13H,3-5H2,1-2H3. The number of hydrogen-bond acceptors (Lipinski definition) is 4. The van der Waals surface area contributed by atoms with Crippen LogP contribution in [0.3, 0.4) is 0 Å². The molecule has 0 heterocycles. The van der Waals surface area contributed by atoms with Crippen LogP contribution in [0.1, 0.15) is 33.1 Å². The fraction of sp³-hybridized carbons (Fsp3) is 0.900. The molecule has 14 heavy (non-hydrogen) atoms. The summed E-state index contributed by atoms with van der Waals surface area (Å²) in [7, 11) is 0. The smallest absolute Gasteiger partial charge is 0.302 e. The quantitative estimate of drug-likeness (QED) is 0.652. The molecule has 0 bridgehead atoms. The average Bonchev–Trinajstić information content (AvgIpc) is 2.48. The Hall–Kier alpha value is -0.610. The lowest BCUT2D eigenvalue weighted by atomic mass is 9.95. The predicted octanol–water partition coefficient (Wildman–Crippen LogP) is 0.460. The van der Waals surface area contributed by atoms with Crippen LogP contribution in [0.25, 0.3) is 0 Å². The highest BCUT2D eigenvalue weighted by Gasteiger charge is 2.35. The second-order valence-corrected chi connectivity index (χ2v) is 3.97. The van der Waals surface area contributed by atoms with Gasteiger partial charge in [0.25, 0.3) is 0 Å². The Bertz CT molecular complexity index is 204. The van der Waals surface area contributed by atoms with Gasteiger partial charge in [-0.05, 0) is 19.8 Å². The van der Waals surface area contributed by atoms with Crippen molar-refractivity contribution in [3.8, 4) is 0 Å². The topological polar surface area (TPSA) is 66.8 Å². The molecule has 4 heteroatoms. The Kier molecular flexibility index (Phi) is 3.89. The lowest BCUT2D eigenvalue weighted by molar-refractivity contribution is -0.154. The zero-order valence-electron chi connectivity index (χ0n) is 8.64. The van der Waals surface area contributed by atoms with Crippen molar-refractivity contribution in [3.63, 3.8) is 0 Å². The molecule has 1 saturated carbocycles. The van der Waals surface area contributed by atoms with Crippen LogP contribution in [0.5, 0.6) is 0 Å². The first-order chi connectivity index (χ1) is 6.52. The molecule has 4 atom stereocenters. The number of esters is 1. The molecule has 0 amide bonds. The molecule has 1 rings (SSSR count). The van der Waals surface area contributed by atoms with Gasteiger partial charge < -0.3 is 14.9 Å². The third-order valence-corrected chi connectivity index (χ3v) is 2.80. The van der Waals surface area contributed by atoms with E-state index >= 15 is 0 Å². The van der Waals surface area contributed by atoms with Gasteiger partial charge in [0, 0.05) is 12.8 Å². The summed E-state index contributed by atoms with van der Waals surface area (Å²) in [5, 5.41) is 19.3. The second kappa shape index (κ2) is 4.75. The third-order valence-electron chi connectivity index (χ3n) is 2.80. The lowest BCUT2D eigenvalue weighted by Gasteiger charge is -2.26. The van der Waals surface area contributed by atoms with Gasteiger partial charge in [-0.15, -0.1) is 0 Å². The number of hydrogen-bond donors (Lipinski definition) is 2. The summed E-state index contributed by atoms with van der Waals surface area (Å²) in [6.45, 7) is 2.96. The minimum atomic E-state index is -0.753. The van der Waals surface area contributed by atoms with E-state index in [-0.39, 0.29) is 5.92 Å². The molecule has 4 nitrogen and oxygen atoms in total. The molecule has 1 aliphatic carbocycles. The van der Waals surface area contributed by atoms with E-state index in [9.17, 15) is 15.0 Å². The maximum Gasteiger partial charge on any atom is 0.302 e. The predicted molar refractivity (Wildman–Crippen MR) is 50.6 cm³/mol. The molecule has 0 aromatic rings. The van der Waals surface area contributed by atoms with Crippen LogP contribution in [0.4, 0.5) is 0 Å². The van der Waals surface area contributed by atoms with Crippen molar-refractivity contribution in [2.24, 2.45) is 5.92 Å². The number of aliphatic hydroxyl groups is 2. The third kappa shape index (κ3) is 2.69. The van der Waals surface area contributed by atoms with Crippen molar-refractivity contribution in [1.29, 1.82) is 0 Å². The molecule has 0 radical (unpaired) electrons. The van der Waals surface area contributed by atoms with Gasteiger partial charge in [0.15, 0.2) is 0 Å². The van der Waals surface area contributed by atoms with Crippen LogP contribution in [-0.4, -0.2) is 34.5 Å². The van der Waals surface area contributed by atoms with E-state index in [1.165, 1.54) is 6.92 Å². The summed E-state index contributed by atoms with van der Waals surface area (Å²) in [6.07, 6.45) is 0.711. The zero-order chi connectivity index (χ0) is 10.7. The van der Waals surface area contributed by atoms with E-state index < -0.39 is 24.3 Å². The Morgan fingerprint density at radius 3 is 2.57 bits per heavy atom. The van der Waals surface area contributed by atoms with Gasteiger partial charge in [-0.25, -0.2) is 0 Å². The number of carbonyl (C=O) groups excluding carboxylic acids is 1. The van der Waals surface area contributed by atoms with Crippen LogP contribution < -0.4 is 0 Å². The van der Waals surface area contributed by atoms with Gasteiger partial charge in [0.05, 0.1) is 12.2 Å². The first-order valence-corrected chi connectivity index (χ1v) is 5.05. The summed E-state index contributed by atoms with van der Waals surface area (Å²) < 4.78 is 4.87. The van der Waals surface area contributed by atoms with E-state index in [1.807, 2.05) is 0 Å². The summed E-state index contributed by atoms with van der Waals surface area (Å²) in [5.74, 6) is -0.548. The Labute approximate surface area is 83.9 Å². The largest absolute Gasteiger partial charge is 0.460 e. The van der Waals surface area contributed by atoms with Crippen molar-refractivity contribution in [2.75, 3.05) is 0 Å². The maximum atomic E-state index is 10.7. The molecule has 0 spiro atoms. The number of rotatable bonds is 3. The number of aliphatic hydroxyl groups excluding tert-OH is 2. The number of carbonyl (C=O) groups is 1. The summed E-state index contributed by atoms with van der Waals surface area (Å²) in [5.41, 5.74) is 0. The molecule has 82 valence electrons. The molecule has 1 fully saturated rings. The van der Waals surface area contributed by atoms with Gasteiger partial charge >= 0.3 is 5.97 Å². The lowest BCUT2D eigenvalue weighted by Crippen LogP contribution is -2.38. The highest BCUT2D eigenvalue weighted by atomic mass is 16.6. The first kappa shape index (κ1) is 11.5. The van der Waals surface area contributed by atoms with E-state index in [4.69, 9.17) is 4.74 Å². The molecule has 0 aliphatic heterocycles.